The minimum absolute atomic E-state index is 0.00518. The average Bonchev–Trinajstić information content (AvgIpc) is 3.03. The Hall–Kier alpha value is -4.85. The molecule has 0 spiro atoms. The molecule has 2 aliphatic rings. The number of hydrogen-bond acceptors (Lipinski definition) is 7. The molecule has 8 heteroatoms. The molecule has 212 valence electrons. The lowest BCUT2D eigenvalue weighted by molar-refractivity contribution is -0.384. The van der Waals surface area contributed by atoms with Crippen molar-refractivity contribution in [1.29, 1.82) is 0 Å². The third kappa shape index (κ3) is 3.64. The summed E-state index contributed by atoms with van der Waals surface area (Å²) in [5, 5.41) is 17.8. The summed E-state index contributed by atoms with van der Waals surface area (Å²) in [5.74, 6) is 0.745. The number of hydrogen-bond donors (Lipinski definition) is 1. The van der Waals surface area contributed by atoms with Crippen LogP contribution >= 0.6 is 0 Å². The van der Waals surface area contributed by atoms with E-state index in [0.717, 1.165) is 39.8 Å². The van der Waals surface area contributed by atoms with Crippen molar-refractivity contribution in [3.63, 3.8) is 0 Å². The fourth-order valence-electron chi connectivity index (χ4n) is 6.90. The van der Waals surface area contributed by atoms with E-state index in [-0.39, 0.29) is 10.6 Å². The van der Waals surface area contributed by atoms with Crippen molar-refractivity contribution < 1.29 is 18.8 Å². The van der Waals surface area contributed by atoms with Gasteiger partial charge in [0.05, 0.1) is 29.0 Å². The van der Waals surface area contributed by atoms with Crippen LogP contribution in [0.4, 0.5) is 11.4 Å². The molecule has 0 amide bonds. The molecule has 0 radical (unpaired) electrons. The van der Waals surface area contributed by atoms with Gasteiger partial charge in [0.25, 0.3) is 5.69 Å². The van der Waals surface area contributed by atoms with Crippen LogP contribution in [0.2, 0.25) is 0 Å². The summed E-state index contributed by atoms with van der Waals surface area (Å²) in [6.07, 6.45) is 0.868. The maximum Gasteiger partial charge on any atom is 0.343 e. The van der Waals surface area contributed by atoms with E-state index in [1.807, 2.05) is 54.6 Å². The number of nitro groups is 1. The van der Waals surface area contributed by atoms with Gasteiger partial charge in [-0.05, 0) is 59.2 Å². The summed E-state index contributed by atoms with van der Waals surface area (Å²) in [5.41, 5.74) is 1.26. The fourth-order valence-corrected chi connectivity index (χ4v) is 6.90. The van der Waals surface area contributed by atoms with Crippen LogP contribution < -0.4 is 20.4 Å². The number of non-ortho nitro benzene ring substituents is 1. The van der Waals surface area contributed by atoms with E-state index in [9.17, 15) is 14.9 Å². The summed E-state index contributed by atoms with van der Waals surface area (Å²) in [6.45, 7) is 7.19. The molecule has 7 rings (SSSR count). The highest BCUT2D eigenvalue weighted by Gasteiger charge is 2.61. The van der Waals surface area contributed by atoms with E-state index in [1.165, 1.54) is 6.07 Å². The summed E-state index contributed by atoms with van der Waals surface area (Å²) in [6, 6.07) is 24.1. The monoisotopic (exact) mass is 562 g/mol. The molecule has 3 heterocycles. The molecule has 8 nitrogen and oxygen atoms in total. The first kappa shape index (κ1) is 26.1. The molecular formula is C34H30N2O6. The molecule has 0 aliphatic carbocycles. The molecule has 42 heavy (non-hydrogen) atoms. The lowest BCUT2D eigenvalue weighted by Gasteiger charge is -2.53. The third-order valence-corrected chi connectivity index (χ3v) is 8.97. The second kappa shape index (κ2) is 9.34. The first-order valence-corrected chi connectivity index (χ1v) is 14.2. The molecule has 2 atom stereocenters. The zero-order valence-electron chi connectivity index (χ0n) is 23.6. The Morgan fingerprint density at radius 3 is 2.67 bits per heavy atom. The lowest BCUT2D eigenvalue weighted by atomic mass is 9.58. The van der Waals surface area contributed by atoms with Gasteiger partial charge in [-0.25, -0.2) is 4.79 Å². The van der Waals surface area contributed by atoms with Crippen LogP contribution in [0.1, 0.15) is 49.8 Å². The number of para-hydroxylation sites is 1. The Morgan fingerprint density at radius 1 is 1.02 bits per heavy atom. The number of nitrogens with zero attached hydrogens (tertiary/aromatic N) is 1. The number of anilines is 1. The normalized spacial score (nSPS) is 20.1. The lowest BCUT2D eigenvalue weighted by Crippen LogP contribution is -2.56. The van der Waals surface area contributed by atoms with Crippen LogP contribution in [0.15, 0.2) is 88.1 Å². The largest absolute Gasteiger partial charge is 0.494 e. The number of rotatable bonds is 5. The molecule has 1 N–H and O–H groups in total. The molecule has 2 aliphatic heterocycles. The molecule has 0 saturated carbocycles. The van der Waals surface area contributed by atoms with E-state index >= 15 is 0 Å². The number of ether oxygens (including phenoxy) is 2. The van der Waals surface area contributed by atoms with Crippen LogP contribution in [0.5, 0.6) is 11.5 Å². The van der Waals surface area contributed by atoms with Gasteiger partial charge in [0.2, 0.25) is 0 Å². The van der Waals surface area contributed by atoms with Gasteiger partial charge >= 0.3 is 5.63 Å². The zero-order valence-corrected chi connectivity index (χ0v) is 23.6. The van der Waals surface area contributed by atoms with Gasteiger partial charge < -0.3 is 19.2 Å². The molecule has 4 aromatic carbocycles. The standard InChI is InChI=1S/C34H30N2O6/c1-4-16-40-22-14-15-27-25(18-22)30-29-31(23-9-5-6-11-28(23)41-32(29)37)42-34(19-35-27,33(30,2)3)26-10-7-8-20-12-13-21(36(38)39)17-24(20)26/h5-15,17-18,30,35H,4,16,19H2,1-3H3/t30-,34?/m1/s1. The van der Waals surface area contributed by atoms with Crippen molar-refractivity contribution in [3.8, 4) is 11.5 Å². The fraction of sp³-hybridized carbons (Fsp3) is 0.265. The van der Waals surface area contributed by atoms with Crippen molar-refractivity contribution in [2.24, 2.45) is 5.41 Å². The molecule has 5 aromatic rings. The molecular weight excluding hydrogens is 532 g/mol. The van der Waals surface area contributed by atoms with Crippen molar-refractivity contribution >= 4 is 33.1 Å². The van der Waals surface area contributed by atoms with Gasteiger partial charge in [-0.3, -0.25) is 10.1 Å². The second-order valence-corrected chi connectivity index (χ2v) is 11.6. The molecule has 0 saturated heterocycles. The van der Waals surface area contributed by atoms with Gasteiger partial charge in [-0.1, -0.05) is 51.1 Å². The van der Waals surface area contributed by atoms with E-state index < -0.39 is 22.6 Å². The summed E-state index contributed by atoms with van der Waals surface area (Å²) in [7, 11) is 0. The molecule has 1 unspecified atom stereocenters. The number of benzene rings is 4. The highest BCUT2D eigenvalue weighted by atomic mass is 16.6. The minimum Gasteiger partial charge on any atom is -0.494 e. The quantitative estimate of drug-likeness (QED) is 0.134. The van der Waals surface area contributed by atoms with Gasteiger partial charge in [0.1, 0.15) is 17.1 Å². The zero-order chi connectivity index (χ0) is 29.2. The molecule has 0 fully saturated rings. The number of fused-ring (bicyclic) bond motifs is 9. The van der Waals surface area contributed by atoms with Gasteiger partial charge in [-0.15, -0.1) is 0 Å². The highest BCUT2D eigenvalue weighted by molar-refractivity contribution is 5.90. The van der Waals surface area contributed by atoms with E-state index in [4.69, 9.17) is 13.9 Å². The SMILES string of the molecule is CCCOc1ccc2c(c1)[C@@H]1c3c(c4ccccc4oc3=O)OC(c3cccc4ccc([N+](=O)[O-])cc34)(CN2)C1(C)C. The van der Waals surface area contributed by atoms with Gasteiger partial charge in [0.15, 0.2) is 5.60 Å². The van der Waals surface area contributed by atoms with Gasteiger partial charge in [-0.2, -0.15) is 0 Å². The highest BCUT2D eigenvalue weighted by Crippen LogP contribution is 2.63. The summed E-state index contributed by atoms with van der Waals surface area (Å²) in [4.78, 5) is 25.3. The Kier molecular flexibility index (Phi) is 5.80. The predicted molar refractivity (Wildman–Crippen MR) is 162 cm³/mol. The summed E-state index contributed by atoms with van der Waals surface area (Å²) >= 11 is 0. The molecule has 1 aromatic heterocycles. The van der Waals surface area contributed by atoms with Crippen molar-refractivity contribution in [2.45, 2.75) is 38.7 Å². The summed E-state index contributed by atoms with van der Waals surface area (Å²) < 4.78 is 19.1. The maximum atomic E-state index is 13.8. The average molecular weight is 563 g/mol. The van der Waals surface area contributed by atoms with E-state index in [1.54, 1.807) is 18.2 Å². The van der Waals surface area contributed by atoms with Crippen LogP contribution in [0.3, 0.4) is 0 Å². The Balaban J connectivity index is 1.59. The Bertz CT molecular complexity index is 1960. The topological polar surface area (TPSA) is 104 Å². The first-order valence-electron chi connectivity index (χ1n) is 14.2. The van der Waals surface area contributed by atoms with Crippen LogP contribution in [0, 0.1) is 15.5 Å². The minimum atomic E-state index is -1.04. The third-order valence-electron chi connectivity index (χ3n) is 8.97. The predicted octanol–water partition coefficient (Wildman–Crippen LogP) is 7.51. The number of nitrogens with one attached hydrogen (secondary N) is 1. The van der Waals surface area contributed by atoms with E-state index in [0.29, 0.717) is 35.4 Å². The van der Waals surface area contributed by atoms with Crippen LogP contribution in [0.25, 0.3) is 21.7 Å². The Labute approximate surface area is 242 Å². The van der Waals surface area contributed by atoms with Crippen molar-refractivity contribution in [2.75, 3.05) is 18.5 Å². The number of nitro benzene ring substituents is 1. The van der Waals surface area contributed by atoms with E-state index in [2.05, 4.69) is 26.1 Å². The maximum absolute atomic E-state index is 13.8. The van der Waals surface area contributed by atoms with Crippen molar-refractivity contribution in [3.05, 3.63) is 116 Å². The second-order valence-electron chi connectivity index (χ2n) is 11.6. The first-order chi connectivity index (χ1) is 20.2. The Morgan fingerprint density at radius 2 is 1.86 bits per heavy atom. The smallest absolute Gasteiger partial charge is 0.343 e. The molecule has 2 bridgehead atoms. The van der Waals surface area contributed by atoms with Crippen molar-refractivity contribution in [1.82, 2.24) is 0 Å². The van der Waals surface area contributed by atoms with Crippen LogP contribution in [-0.4, -0.2) is 18.1 Å². The van der Waals surface area contributed by atoms with Gasteiger partial charge in [0, 0.05) is 34.7 Å². The van der Waals surface area contributed by atoms with Crippen LogP contribution in [-0.2, 0) is 5.60 Å².